The summed E-state index contributed by atoms with van der Waals surface area (Å²) in [5.74, 6) is 0.113. The van der Waals surface area contributed by atoms with Crippen molar-refractivity contribution >= 4 is 27.4 Å². The number of pyridine rings is 1. The predicted octanol–water partition coefficient (Wildman–Crippen LogP) is 2.15. The number of carbonyl (C=O) groups excluding carboxylic acids is 1. The SMILES string of the molecule is Cn1cc(CNC(=O)Nc2ccc(-c3nc(N)cc(CS(=O)(=O)c4ccncc4)n3)cc2)cn1. The normalized spacial score (nSPS) is 11.2. The Bertz CT molecular complexity index is 1400. The lowest BCUT2D eigenvalue weighted by molar-refractivity contribution is 0.251. The molecule has 34 heavy (non-hydrogen) atoms. The average Bonchev–Trinajstić information content (AvgIpc) is 3.23. The van der Waals surface area contributed by atoms with Gasteiger partial charge in [-0.1, -0.05) is 0 Å². The summed E-state index contributed by atoms with van der Waals surface area (Å²) in [5, 5.41) is 9.55. The van der Waals surface area contributed by atoms with E-state index in [1.165, 1.54) is 30.6 Å². The fourth-order valence-electron chi connectivity index (χ4n) is 3.17. The summed E-state index contributed by atoms with van der Waals surface area (Å²) >= 11 is 0. The van der Waals surface area contributed by atoms with Gasteiger partial charge in [0.25, 0.3) is 0 Å². The first-order valence-electron chi connectivity index (χ1n) is 10.2. The Kier molecular flexibility index (Phi) is 6.50. The van der Waals surface area contributed by atoms with Crippen molar-refractivity contribution < 1.29 is 13.2 Å². The molecule has 0 aliphatic rings. The zero-order valence-electron chi connectivity index (χ0n) is 18.2. The molecule has 12 heteroatoms. The van der Waals surface area contributed by atoms with Gasteiger partial charge in [-0.25, -0.2) is 23.2 Å². The van der Waals surface area contributed by atoms with Gasteiger partial charge in [0.2, 0.25) is 0 Å². The summed E-state index contributed by atoms with van der Waals surface area (Å²) in [6.45, 7) is 0.347. The van der Waals surface area contributed by atoms with Crippen molar-refractivity contribution in [2.24, 2.45) is 7.05 Å². The fourth-order valence-corrected chi connectivity index (χ4v) is 4.41. The number of rotatable bonds is 7. The molecule has 4 rings (SSSR count). The third-order valence-corrected chi connectivity index (χ3v) is 6.42. The van der Waals surface area contributed by atoms with Crippen molar-refractivity contribution in [1.82, 2.24) is 30.0 Å². The first-order chi connectivity index (χ1) is 16.3. The number of aryl methyl sites for hydroxylation is 1. The molecular formula is C22H22N8O3S. The van der Waals surface area contributed by atoms with Crippen LogP contribution in [0.3, 0.4) is 0 Å². The maximum Gasteiger partial charge on any atom is 0.319 e. The van der Waals surface area contributed by atoms with Gasteiger partial charge in [0.05, 0.1) is 22.5 Å². The summed E-state index contributed by atoms with van der Waals surface area (Å²) in [7, 11) is -1.82. The van der Waals surface area contributed by atoms with Crippen LogP contribution in [0, 0.1) is 0 Å². The largest absolute Gasteiger partial charge is 0.384 e. The van der Waals surface area contributed by atoms with E-state index in [1.54, 1.807) is 42.2 Å². The molecule has 0 unspecified atom stereocenters. The molecule has 174 valence electrons. The highest BCUT2D eigenvalue weighted by Gasteiger charge is 2.17. The first-order valence-corrected chi connectivity index (χ1v) is 11.8. The molecule has 4 N–H and O–H groups in total. The van der Waals surface area contributed by atoms with E-state index in [0.717, 1.165) is 5.56 Å². The zero-order valence-corrected chi connectivity index (χ0v) is 19.0. The maximum absolute atomic E-state index is 12.7. The standard InChI is InChI=1S/C22H22N8O3S/c1-30-13-15(12-26-30)11-25-22(31)28-17-4-2-16(3-5-17)21-27-18(10-20(23)29-21)14-34(32,33)19-6-8-24-9-7-19/h2-10,12-13H,11,14H2,1H3,(H2,23,27,29)(H2,25,28,31). The molecule has 0 radical (unpaired) electrons. The zero-order chi connectivity index (χ0) is 24.1. The molecule has 2 amide bonds. The lowest BCUT2D eigenvalue weighted by atomic mass is 10.2. The number of urea groups is 1. The van der Waals surface area contributed by atoms with Crippen molar-refractivity contribution in [3.63, 3.8) is 0 Å². The van der Waals surface area contributed by atoms with E-state index in [-0.39, 0.29) is 34.0 Å². The summed E-state index contributed by atoms with van der Waals surface area (Å²) in [4.78, 5) is 24.7. The molecule has 3 aromatic heterocycles. The monoisotopic (exact) mass is 478 g/mol. The van der Waals surface area contributed by atoms with Gasteiger partial charge in [-0.15, -0.1) is 0 Å². The van der Waals surface area contributed by atoms with Gasteiger partial charge < -0.3 is 16.4 Å². The predicted molar refractivity (Wildman–Crippen MR) is 126 cm³/mol. The Morgan fingerprint density at radius 1 is 1.09 bits per heavy atom. The number of nitrogens with two attached hydrogens (primary N) is 1. The van der Waals surface area contributed by atoms with Gasteiger partial charge in [0.1, 0.15) is 5.82 Å². The number of sulfone groups is 1. The van der Waals surface area contributed by atoms with E-state index in [9.17, 15) is 13.2 Å². The Balaban J connectivity index is 1.44. The van der Waals surface area contributed by atoms with Crippen LogP contribution in [0.4, 0.5) is 16.3 Å². The molecule has 11 nitrogen and oxygen atoms in total. The van der Waals surface area contributed by atoms with Gasteiger partial charge in [-0.2, -0.15) is 5.10 Å². The molecule has 0 fully saturated rings. The van der Waals surface area contributed by atoms with Crippen LogP contribution in [0.1, 0.15) is 11.3 Å². The molecule has 0 aliphatic carbocycles. The number of carbonyl (C=O) groups is 1. The third kappa shape index (κ3) is 5.72. The van der Waals surface area contributed by atoms with Crippen LogP contribution in [0.15, 0.2) is 72.1 Å². The highest BCUT2D eigenvalue weighted by molar-refractivity contribution is 7.90. The number of nitrogens with one attached hydrogen (secondary N) is 2. The summed E-state index contributed by atoms with van der Waals surface area (Å²) < 4.78 is 27.0. The van der Waals surface area contributed by atoms with E-state index in [4.69, 9.17) is 5.73 Å². The van der Waals surface area contributed by atoms with Crippen molar-refractivity contribution in [1.29, 1.82) is 0 Å². The lowest BCUT2D eigenvalue weighted by Gasteiger charge is -2.09. The van der Waals surface area contributed by atoms with Crippen LogP contribution < -0.4 is 16.4 Å². The maximum atomic E-state index is 12.7. The van der Waals surface area contributed by atoms with Crippen molar-refractivity contribution in [2.45, 2.75) is 17.2 Å². The van der Waals surface area contributed by atoms with Crippen molar-refractivity contribution in [3.05, 3.63) is 78.5 Å². The summed E-state index contributed by atoms with van der Waals surface area (Å²) in [6.07, 6.45) is 6.33. The summed E-state index contributed by atoms with van der Waals surface area (Å²) in [5.41, 5.74) is 8.25. The number of amides is 2. The van der Waals surface area contributed by atoms with Crippen LogP contribution >= 0.6 is 0 Å². The van der Waals surface area contributed by atoms with Gasteiger partial charge in [-0.3, -0.25) is 9.67 Å². The van der Waals surface area contributed by atoms with E-state index >= 15 is 0 Å². The number of nitrogen functional groups attached to an aromatic ring is 1. The van der Waals surface area contributed by atoms with E-state index in [1.807, 2.05) is 6.20 Å². The van der Waals surface area contributed by atoms with Gasteiger partial charge in [0, 0.05) is 55.1 Å². The highest BCUT2D eigenvalue weighted by Crippen LogP contribution is 2.22. The Morgan fingerprint density at radius 2 is 1.82 bits per heavy atom. The lowest BCUT2D eigenvalue weighted by Crippen LogP contribution is -2.28. The van der Waals surface area contributed by atoms with Crippen LogP contribution in [0.5, 0.6) is 0 Å². The number of hydrogen-bond donors (Lipinski definition) is 3. The van der Waals surface area contributed by atoms with Crippen LogP contribution in [0.25, 0.3) is 11.4 Å². The minimum Gasteiger partial charge on any atom is -0.384 e. The third-order valence-electron chi connectivity index (χ3n) is 4.76. The van der Waals surface area contributed by atoms with Gasteiger partial charge in [-0.05, 0) is 36.4 Å². The molecule has 0 atom stereocenters. The summed E-state index contributed by atoms with van der Waals surface area (Å²) in [6, 6.07) is 10.8. The molecule has 1 aromatic carbocycles. The van der Waals surface area contributed by atoms with E-state index in [0.29, 0.717) is 17.8 Å². The van der Waals surface area contributed by atoms with Crippen molar-refractivity contribution in [2.75, 3.05) is 11.1 Å². The second-order valence-corrected chi connectivity index (χ2v) is 9.45. The number of hydrogen-bond acceptors (Lipinski definition) is 8. The number of nitrogens with zero attached hydrogens (tertiary/aromatic N) is 5. The number of aromatic nitrogens is 5. The number of benzene rings is 1. The molecular weight excluding hydrogens is 456 g/mol. The smallest absolute Gasteiger partial charge is 0.319 e. The molecule has 0 bridgehead atoms. The van der Waals surface area contributed by atoms with Crippen LogP contribution in [-0.2, 0) is 29.2 Å². The number of anilines is 2. The molecule has 0 saturated carbocycles. The van der Waals surface area contributed by atoms with Crippen LogP contribution in [-0.4, -0.2) is 39.2 Å². The highest BCUT2D eigenvalue weighted by atomic mass is 32.2. The molecule has 0 saturated heterocycles. The second-order valence-electron chi connectivity index (χ2n) is 7.46. The average molecular weight is 479 g/mol. The van der Waals surface area contributed by atoms with Gasteiger partial charge >= 0.3 is 6.03 Å². The Morgan fingerprint density at radius 3 is 2.50 bits per heavy atom. The van der Waals surface area contributed by atoms with Gasteiger partial charge in [0.15, 0.2) is 15.7 Å². The minimum atomic E-state index is -3.62. The minimum absolute atomic E-state index is 0.151. The second kappa shape index (κ2) is 9.67. The fraction of sp³-hybridized carbons (Fsp3) is 0.136. The van der Waals surface area contributed by atoms with Crippen LogP contribution in [0.2, 0.25) is 0 Å². The van der Waals surface area contributed by atoms with E-state index in [2.05, 4.69) is 30.7 Å². The molecule has 3 heterocycles. The molecule has 0 spiro atoms. The Hall–Kier alpha value is -4.32. The quantitative estimate of drug-likeness (QED) is 0.364. The Labute approximate surface area is 196 Å². The van der Waals surface area contributed by atoms with E-state index < -0.39 is 9.84 Å². The topological polar surface area (TPSA) is 158 Å². The molecule has 0 aliphatic heterocycles. The first kappa shape index (κ1) is 22.9. The van der Waals surface area contributed by atoms with Crippen molar-refractivity contribution in [3.8, 4) is 11.4 Å². The molecule has 4 aromatic rings.